The maximum Gasteiger partial charge on any atom is 1.00 e. The van der Waals surface area contributed by atoms with Crippen LogP contribution in [0.5, 0.6) is 0 Å². The maximum atomic E-state index is 10.1. The normalized spacial score (nSPS) is 9.82. The summed E-state index contributed by atoms with van der Waals surface area (Å²) in [5.74, 6) is 0. The summed E-state index contributed by atoms with van der Waals surface area (Å²) in [6, 6.07) is 0. The molecule has 0 aromatic rings. The van der Waals surface area contributed by atoms with E-state index in [9.17, 15) is 40.5 Å². The first-order chi connectivity index (χ1) is 9.67. The Kier molecular flexibility index (Phi) is 10.6. The van der Waals surface area contributed by atoms with Crippen LogP contribution in [0.3, 0.4) is 0 Å². The van der Waals surface area contributed by atoms with Crippen molar-refractivity contribution in [2.45, 2.75) is 0 Å². The van der Waals surface area contributed by atoms with E-state index in [0.29, 0.717) is 0 Å². The summed E-state index contributed by atoms with van der Waals surface area (Å²) in [6.07, 6.45) is 0. The first-order valence-electron chi connectivity index (χ1n) is 4.76. The molecule has 0 fully saturated rings. The fraction of sp³-hybridized carbons (Fsp3) is 1.00. The van der Waals surface area contributed by atoms with E-state index >= 15 is 0 Å². The molecule has 0 radical (unpaired) electrons. The van der Waals surface area contributed by atoms with Crippen LogP contribution in [0.2, 0.25) is 0 Å². The summed E-state index contributed by atoms with van der Waals surface area (Å²) in [6.45, 7) is -4.13. The van der Waals surface area contributed by atoms with E-state index in [0.717, 1.165) is 0 Å². The van der Waals surface area contributed by atoms with E-state index in [1.54, 1.807) is 0 Å². The fourth-order valence-electron chi connectivity index (χ4n) is 1.01. The van der Waals surface area contributed by atoms with Crippen molar-refractivity contribution in [3.63, 3.8) is 0 Å². The van der Waals surface area contributed by atoms with Gasteiger partial charge in [0.1, 0.15) is 26.4 Å². The molecule has 0 unspecified atom stereocenters. The Bertz CT molecular complexity index is 339. The number of hydrogen-bond donors (Lipinski definition) is 0. The van der Waals surface area contributed by atoms with Crippen molar-refractivity contribution in [1.82, 2.24) is 0 Å². The molecule has 0 heterocycles. The van der Waals surface area contributed by atoms with E-state index in [1.807, 2.05) is 0 Å². The van der Waals surface area contributed by atoms with Gasteiger partial charge in [0.05, 0.1) is 5.41 Å². The Hall–Kier alpha value is -2.20. The summed E-state index contributed by atoms with van der Waals surface area (Å²) in [5.41, 5.74) is -2.03. The zero-order valence-electron chi connectivity index (χ0n) is 11.0. The van der Waals surface area contributed by atoms with E-state index in [4.69, 9.17) is 0 Å². The Balaban J connectivity index is 0. The molecular weight excluding hydrogens is 331 g/mol. The van der Waals surface area contributed by atoms with Gasteiger partial charge in [0.2, 0.25) is 0 Å². The molecule has 0 aromatic heterocycles. The molecular formula is C5H8N4NaO12+. The zero-order chi connectivity index (χ0) is 16.5. The minimum atomic E-state index is -2.03. The van der Waals surface area contributed by atoms with Crippen molar-refractivity contribution in [3.05, 3.63) is 40.5 Å². The van der Waals surface area contributed by atoms with E-state index in [1.165, 1.54) is 0 Å². The second-order valence-electron chi connectivity index (χ2n) is 3.49. The number of hydrogen-bond acceptors (Lipinski definition) is 12. The molecule has 0 aliphatic heterocycles. The van der Waals surface area contributed by atoms with Crippen LogP contribution in [-0.4, -0.2) is 46.8 Å². The minimum absolute atomic E-state index is 0. The van der Waals surface area contributed by atoms with Crippen molar-refractivity contribution >= 4 is 0 Å². The maximum absolute atomic E-state index is 10.1. The molecule has 0 aromatic carbocycles. The second kappa shape index (κ2) is 10.5. The largest absolute Gasteiger partial charge is 1.00 e. The van der Waals surface area contributed by atoms with Gasteiger partial charge < -0.3 is 19.4 Å². The third-order valence-electron chi connectivity index (χ3n) is 1.90. The van der Waals surface area contributed by atoms with Crippen molar-refractivity contribution in [2.75, 3.05) is 26.4 Å². The van der Waals surface area contributed by atoms with E-state index < -0.39 is 52.2 Å². The quantitative estimate of drug-likeness (QED) is 0.188. The van der Waals surface area contributed by atoms with Crippen molar-refractivity contribution in [2.24, 2.45) is 5.41 Å². The topological polar surface area (TPSA) is 209 Å². The van der Waals surface area contributed by atoms with Gasteiger partial charge in [-0.3, -0.25) is 0 Å². The molecule has 0 N–H and O–H groups in total. The Morgan fingerprint density at radius 3 is 0.909 bits per heavy atom. The molecule has 0 spiro atoms. The number of nitrogens with zero attached hydrogens (tertiary/aromatic N) is 4. The fourth-order valence-corrected chi connectivity index (χ4v) is 1.01. The summed E-state index contributed by atoms with van der Waals surface area (Å²) in [7, 11) is 0. The SMILES string of the molecule is O=[N+]([O-])OCC(CO[N+](=O)[O-])(CO[N+](=O)[O-])CO[N+](=O)[O-].[Na+]. The molecule has 120 valence electrons. The Morgan fingerprint density at radius 2 is 0.773 bits per heavy atom. The molecule has 22 heavy (non-hydrogen) atoms. The molecule has 0 saturated carbocycles. The van der Waals surface area contributed by atoms with Gasteiger partial charge in [0, 0.05) is 0 Å². The minimum Gasteiger partial charge on any atom is -0.313 e. The predicted octanol–water partition coefficient (Wildman–Crippen LogP) is -4.19. The average Bonchev–Trinajstić information content (AvgIpc) is 2.36. The van der Waals surface area contributed by atoms with Crippen LogP contribution in [0.15, 0.2) is 0 Å². The van der Waals surface area contributed by atoms with Gasteiger partial charge in [-0.2, -0.15) is 0 Å². The van der Waals surface area contributed by atoms with Crippen LogP contribution in [0, 0.1) is 45.9 Å². The molecule has 0 atom stereocenters. The Labute approximate surface area is 141 Å². The zero-order valence-corrected chi connectivity index (χ0v) is 13.0. The molecule has 0 bridgehead atoms. The second-order valence-corrected chi connectivity index (χ2v) is 3.49. The molecule has 0 aliphatic carbocycles. The van der Waals surface area contributed by atoms with Gasteiger partial charge in [-0.1, -0.05) is 0 Å². The van der Waals surface area contributed by atoms with Gasteiger partial charge in [0.15, 0.2) is 0 Å². The first-order valence-corrected chi connectivity index (χ1v) is 4.76. The van der Waals surface area contributed by atoms with Crippen molar-refractivity contribution in [1.29, 1.82) is 0 Å². The van der Waals surface area contributed by atoms with Crippen LogP contribution in [0.4, 0.5) is 0 Å². The van der Waals surface area contributed by atoms with Crippen LogP contribution in [0.1, 0.15) is 0 Å². The molecule has 16 nitrogen and oxygen atoms in total. The molecule has 0 saturated heterocycles. The number of rotatable bonds is 12. The van der Waals surface area contributed by atoms with Crippen LogP contribution in [-0.2, 0) is 19.4 Å². The summed E-state index contributed by atoms with van der Waals surface area (Å²) >= 11 is 0. The predicted molar refractivity (Wildman–Crippen MR) is 54.2 cm³/mol. The van der Waals surface area contributed by atoms with E-state index in [2.05, 4.69) is 19.4 Å². The van der Waals surface area contributed by atoms with E-state index in [-0.39, 0.29) is 29.6 Å². The molecule has 17 heteroatoms. The average molecular weight is 339 g/mol. The molecule has 0 rings (SSSR count). The van der Waals surface area contributed by atoms with Crippen molar-refractivity contribution in [3.8, 4) is 0 Å². The Morgan fingerprint density at radius 1 is 0.591 bits per heavy atom. The van der Waals surface area contributed by atoms with Gasteiger partial charge >= 0.3 is 29.6 Å². The molecule has 0 amide bonds. The van der Waals surface area contributed by atoms with Crippen LogP contribution < -0.4 is 29.6 Å². The summed E-state index contributed by atoms with van der Waals surface area (Å²) < 4.78 is 0. The van der Waals surface area contributed by atoms with Crippen molar-refractivity contribution < 1.29 is 69.3 Å². The molecule has 0 aliphatic rings. The summed E-state index contributed by atoms with van der Waals surface area (Å²) in [4.78, 5) is 56.2. The monoisotopic (exact) mass is 339 g/mol. The third-order valence-corrected chi connectivity index (χ3v) is 1.90. The van der Waals surface area contributed by atoms with Gasteiger partial charge in [-0.15, -0.1) is 40.5 Å². The van der Waals surface area contributed by atoms with Crippen LogP contribution >= 0.6 is 0 Å². The summed E-state index contributed by atoms with van der Waals surface area (Å²) in [5, 5.41) is 35.3. The smallest absolute Gasteiger partial charge is 0.313 e. The first kappa shape index (κ1) is 22.1. The van der Waals surface area contributed by atoms with Gasteiger partial charge in [0.25, 0.3) is 20.3 Å². The standard InChI is InChI=1S/C5H8N4O12.Na/c10-6(11)18-1-5(2-19-7(12)13,3-20-8(14)15)4-21-9(16)17;/h1-4H2;/q;+1. The third kappa shape index (κ3) is 10.6. The van der Waals surface area contributed by atoms with Gasteiger partial charge in [-0.05, 0) is 0 Å². The van der Waals surface area contributed by atoms with Crippen LogP contribution in [0.25, 0.3) is 0 Å². The van der Waals surface area contributed by atoms with Gasteiger partial charge in [-0.25, -0.2) is 0 Å².